The van der Waals surface area contributed by atoms with Crippen molar-refractivity contribution in [3.8, 4) is 0 Å². The zero-order valence-corrected chi connectivity index (χ0v) is 36.8. The average Bonchev–Trinajstić information content (AvgIpc) is 3.15. The highest BCUT2D eigenvalue weighted by Gasteiger charge is 2.19. The van der Waals surface area contributed by atoms with Gasteiger partial charge in [-0.3, -0.25) is 14.4 Å². The molecule has 0 aliphatic rings. The van der Waals surface area contributed by atoms with Gasteiger partial charge in [0.2, 0.25) is 0 Å². The number of carbonyl (C=O) groups excluding carboxylic acids is 3. The van der Waals surface area contributed by atoms with Gasteiger partial charge in [-0.1, -0.05) is 221 Å². The quantitative estimate of drug-likeness (QED) is 0.0350. The fourth-order valence-corrected chi connectivity index (χ4v) is 7.07. The minimum atomic E-state index is -0.760. The molecule has 0 aromatic carbocycles. The Balaban J connectivity index is 4.22. The first-order chi connectivity index (χ1) is 26.3. The Morgan fingerprint density at radius 1 is 0.389 bits per heavy atom. The van der Waals surface area contributed by atoms with Gasteiger partial charge >= 0.3 is 17.9 Å². The molecule has 0 aliphatic heterocycles. The number of unbranched alkanes of at least 4 members (excludes halogenated alkanes) is 26. The summed E-state index contributed by atoms with van der Waals surface area (Å²) in [6.07, 6.45) is 39.5. The molecule has 0 aromatic heterocycles. The Morgan fingerprint density at radius 3 is 1.06 bits per heavy atom. The van der Waals surface area contributed by atoms with Gasteiger partial charge in [-0.25, -0.2) is 0 Å². The summed E-state index contributed by atoms with van der Waals surface area (Å²) >= 11 is 0. The van der Waals surface area contributed by atoms with Crippen molar-refractivity contribution in [2.45, 2.75) is 265 Å². The molecule has 0 rings (SSSR count). The second kappa shape index (κ2) is 41.1. The van der Waals surface area contributed by atoms with Crippen molar-refractivity contribution >= 4 is 17.9 Å². The predicted octanol–water partition coefficient (Wildman–Crippen LogP) is 15.0. The minimum absolute atomic E-state index is 0.0650. The SMILES string of the molecule is CCCCCCCCCC(=O)OC[C@@H](COC(=O)CCCCCCCCCCCCCCCCC(C)C)OC(=O)CCCCCCCCCCC(C)CC. The first-order valence-electron chi connectivity index (χ1n) is 23.8. The lowest BCUT2D eigenvalue weighted by atomic mass is 9.99. The van der Waals surface area contributed by atoms with Gasteiger partial charge in [-0.2, -0.15) is 0 Å². The van der Waals surface area contributed by atoms with Gasteiger partial charge in [-0.15, -0.1) is 0 Å². The fourth-order valence-electron chi connectivity index (χ4n) is 7.07. The lowest BCUT2D eigenvalue weighted by Gasteiger charge is -2.18. The van der Waals surface area contributed by atoms with Gasteiger partial charge in [0.1, 0.15) is 13.2 Å². The molecule has 0 radical (unpaired) electrons. The molecule has 0 aromatic rings. The molecule has 0 aliphatic carbocycles. The molecule has 0 saturated heterocycles. The second-order valence-corrected chi connectivity index (χ2v) is 17.1. The van der Waals surface area contributed by atoms with E-state index in [1.54, 1.807) is 0 Å². The third-order valence-electron chi connectivity index (χ3n) is 11.1. The third kappa shape index (κ3) is 40.1. The molecule has 54 heavy (non-hydrogen) atoms. The van der Waals surface area contributed by atoms with Gasteiger partial charge in [-0.05, 0) is 31.1 Å². The minimum Gasteiger partial charge on any atom is -0.462 e. The van der Waals surface area contributed by atoms with Crippen LogP contribution in [0.2, 0.25) is 0 Å². The molecule has 6 nitrogen and oxygen atoms in total. The van der Waals surface area contributed by atoms with E-state index in [1.165, 1.54) is 148 Å². The van der Waals surface area contributed by atoms with Gasteiger partial charge in [0.25, 0.3) is 0 Å². The van der Waals surface area contributed by atoms with Crippen LogP contribution < -0.4 is 0 Å². The average molecular weight is 765 g/mol. The van der Waals surface area contributed by atoms with E-state index in [4.69, 9.17) is 14.2 Å². The molecule has 0 heterocycles. The van der Waals surface area contributed by atoms with Crippen LogP contribution in [0.1, 0.15) is 259 Å². The maximum atomic E-state index is 12.7. The van der Waals surface area contributed by atoms with Crippen LogP contribution in [0.3, 0.4) is 0 Å². The van der Waals surface area contributed by atoms with E-state index >= 15 is 0 Å². The zero-order chi connectivity index (χ0) is 39.7. The van der Waals surface area contributed by atoms with Crippen molar-refractivity contribution in [2.75, 3.05) is 13.2 Å². The predicted molar refractivity (Wildman–Crippen MR) is 229 cm³/mol. The van der Waals surface area contributed by atoms with E-state index in [2.05, 4.69) is 34.6 Å². The summed E-state index contributed by atoms with van der Waals surface area (Å²) in [7, 11) is 0. The van der Waals surface area contributed by atoms with Crippen LogP contribution in [0.25, 0.3) is 0 Å². The summed E-state index contributed by atoms with van der Waals surface area (Å²) in [6, 6.07) is 0. The van der Waals surface area contributed by atoms with E-state index in [9.17, 15) is 14.4 Å². The summed E-state index contributed by atoms with van der Waals surface area (Å²) in [5.41, 5.74) is 0. The maximum Gasteiger partial charge on any atom is 0.306 e. The van der Waals surface area contributed by atoms with Crippen LogP contribution in [0.4, 0.5) is 0 Å². The first kappa shape index (κ1) is 52.4. The van der Waals surface area contributed by atoms with E-state index in [0.29, 0.717) is 19.3 Å². The number of esters is 3. The molecular formula is C48H92O6. The van der Waals surface area contributed by atoms with Crippen molar-refractivity contribution in [1.29, 1.82) is 0 Å². The molecule has 0 amide bonds. The Hall–Kier alpha value is -1.59. The summed E-state index contributed by atoms with van der Waals surface area (Å²) in [4.78, 5) is 37.6. The lowest BCUT2D eigenvalue weighted by Crippen LogP contribution is -2.30. The number of carbonyl (C=O) groups is 3. The van der Waals surface area contributed by atoms with Crippen LogP contribution in [0, 0.1) is 11.8 Å². The van der Waals surface area contributed by atoms with Gasteiger partial charge < -0.3 is 14.2 Å². The van der Waals surface area contributed by atoms with Crippen molar-refractivity contribution < 1.29 is 28.6 Å². The summed E-state index contributed by atoms with van der Waals surface area (Å²) in [6.45, 7) is 11.3. The molecule has 0 saturated carbocycles. The second-order valence-electron chi connectivity index (χ2n) is 17.1. The molecule has 0 spiro atoms. The highest BCUT2D eigenvalue weighted by Crippen LogP contribution is 2.17. The zero-order valence-electron chi connectivity index (χ0n) is 36.8. The Bertz CT molecular complexity index is 826. The van der Waals surface area contributed by atoms with Crippen molar-refractivity contribution in [2.24, 2.45) is 11.8 Å². The number of hydrogen-bond donors (Lipinski definition) is 0. The van der Waals surface area contributed by atoms with Crippen LogP contribution >= 0.6 is 0 Å². The molecule has 1 unspecified atom stereocenters. The van der Waals surface area contributed by atoms with Crippen molar-refractivity contribution in [1.82, 2.24) is 0 Å². The van der Waals surface area contributed by atoms with Crippen molar-refractivity contribution in [3.63, 3.8) is 0 Å². The normalized spacial score (nSPS) is 12.6. The summed E-state index contributed by atoms with van der Waals surface area (Å²) in [5.74, 6) is 0.828. The topological polar surface area (TPSA) is 78.9 Å². The summed E-state index contributed by atoms with van der Waals surface area (Å²) in [5, 5.41) is 0. The van der Waals surface area contributed by atoms with Crippen LogP contribution in [0.15, 0.2) is 0 Å². The summed E-state index contributed by atoms with van der Waals surface area (Å²) < 4.78 is 16.7. The maximum absolute atomic E-state index is 12.7. The van der Waals surface area contributed by atoms with Gasteiger partial charge in [0, 0.05) is 19.3 Å². The standard InChI is InChI=1S/C48H92O6/c1-6-8-9-10-21-28-33-38-46(49)52-41-45(54-48(51)40-35-30-25-20-19-23-27-32-37-44(5)7-2)42-53-47(50)39-34-29-24-18-16-14-12-11-13-15-17-22-26-31-36-43(3)4/h43-45H,6-42H2,1-5H3/t44?,45-/m0/s1. The molecule has 320 valence electrons. The number of ether oxygens (including phenoxy) is 3. The lowest BCUT2D eigenvalue weighted by molar-refractivity contribution is -0.167. The highest BCUT2D eigenvalue weighted by molar-refractivity contribution is 5.71. The van der Waals surface area contributed by atoms with E-state index in [0.717, 1.165) is 69.6 Å². The molecule has 6 heteroatoms. The van der Waals surface area contributed by atoms with Crippen molar-refractivity contribution in [3.05, 3.63) is 0 Å². The molecule has 0 bridgehead atoms. The van der Waals surface area contributed by atoms with Crippen LogP contribution in [0.5, 0.6) is 0 Å². The van der Waals surface area contributed by atoms with Gasteiger partial charge in [0.15, 0.2) is 6.10 Å². The van der Waals surface area contributed by atoms with E-state index < -0.39 is 6.10 Å². The first-order valence-corrected chi connectivity index (χ1v) is 23.8. The monoisotopic (exact) mass is 765 g/mol. The fraction of sp³-hybridized carbons (Fsp3) is 0.938. The van der Waals surface area contributed by atoms with Gasteiger partial charge in [0.05, 0.1) is 0 Å². The molecular weight excluding hydrogens is 673 g/mol. The van der Waals surface area contributed by atoms with E-state index in [-0.39, 0.29) is 31.1 Å². The molecule has 2 atom stereocenters. The number of hydrogen-bond acceptors (Lipinski definition) is 6. The largest absolute Gasteiger partial charge is 0.462 e. The molecule has 0 fully saturated rings. The third-order valence-corrected chi connectivity index (χ3v) is 11.1. The Kier molecular flexibility index (Phi) is 39.8. The highest BCUT2D eigenvalue weighted by atomic mass is 16.6. The smallest absolute Gasteiger partial charge is 0.306 e. The Labute approximate surface area is 336 Å². The van der Waals surface area contributed by atoms with Crippen LogP contribution in [-0.4, -0.2) is 37.2 Å². The Morgan fingerprint density at radius 2 is 0.704 bits per heavy atom. The van der Waals surface area contributed by atoms with Crippen LogP contribution in [-0.2, 0) is 28.6 Å². The van der Waals surface area contributed by atoms with E-state index in [1.807, 2.05) is 0 Å². The molecule has 0 N–H and O–H groups in total. The number of rotatable bonds is 42.